The van der Waals surface area contributed by atoms with Gasteiger partial charge < -0.3 is 5.32 Å². The fraction of sp³-hybridized carbons (Fsp3) is 0.833. The van der Waals surface area contributed by atoms with E-state index in [0.29, 0.717) is 6.04 Å². The average Bonchev–Trinajstić information content (AvgIpc) is 2.70. The summed E-state index contributed by atoms with van der Waals surface area (Å²) in [7, 11) is 0. The lowest BCUT2D eigenvalue weighted by Gasteiger charge is -2.30. The first-order valence-corrected chi connectivity index (χ1v) is 7.05. The molecule has 1 saturated carbocycles. The van der Waals surface area contributed by atoms with Crippen LogP contribution in [-0.2, 0) is 0 Å². The highest BCUT2D eigenvalue weighted by Crippen LogP contribution is 2.31. The molecule has 1 heterocycles. The predicted molar refractivity (Wildman–Crippen MR) is 68.7 cm³/mol. The summed E-state index contributed by atoms with van der Waals surface area (Å²) >= 11 is 1.46. The Morgan fingerprint density at radius 1 is 1.50 bits per heavy atom. The van der Waals surface area contributed by atoms with Gasteiger partial charge in [0.15, 0.2) is 0 Å². The largest absolute Gasteiger partial charge is 0.372 e. The smallest absolute Gasteiger partial charge is 0.130 e. The minimum absolute atomic E-state index is 0.639. The van der Waals surface area contributed by atoms with E-state index in [2.05, 4.69) is 28.8 Å². The lowest BCUT2D eigenvalue weighted by Crippen LogP contribution is -2.27. The monoisotopic (exact) mass is 239 g/mol. The Bertz CT molecular complexity index is 297. The number of hydrogen-bond acceptors (Lipinski definition) is 4. The molecule has 90 valence electrons. The van der Waals surface area contributed by atoms with Crippen LogP contribution in [0.5, 0.6) is 0 Å². The third-order valence-electron chi connectivity index (χ3n) is 3.30. The highest BCUT2D eigenvalue weighted by Gasteiger charge is 2.22. The fourth-order valence-electron chi connectivity index (χ4n) is 2.73. The Morgan fingerprint density at radius 2 is 2.38 bits per heavy atom. The number of anilines is 1. The zero-order valence-electron chi connectivity index (χ0n) is 10.1. The van der Waals surface area contributed by atoms with Crippen LogP contribution < -0.4 is 5.32 Å². The maximum atomic E-state index is 3.88. The van der Waals surface area contributed by atoms with Crippen LogP contribution in [0.4, 0.5) is 5.00 Å². The third-order valence-corrected chi connectivity index (χ3v) is 3.89. The molecule has 1 N–H and O–H groups in total. The quantitative estimate of drug-likeness (QED) is 0.873. The molecule has 1 aromatic heterocycles. The van der Waals surface area contributed by atoms with E-state index in [4.69, 9.17) is 0 Å². The van der Waals surface area contributed by atoms with Crippen molar-refractivity contribution in [2.45, 2.75) is 52.0 Å². The van der Waals surface area contributed by atoms with Crippen molar-refractivity contribution in [2.75, 3.05) is 5.32 Å². The van der Waals surface area contributed by atoms with E-state index in [0.717, 1.165) is 16.8 Å². The minimum atomic E-state index is 0.639. The van der Waals surface area contributed by atoms with Gasteiger partial charge in [-0.05, 0) is 31.1 Å². The maximum absolute atomic E-state index is 3.88. The number of nitrogens with one attached hydrogen (secondary N) is 1. The zero-order valence-corrected chi connectivity index (χ0v) is 11.0. The molecule has 2 unspecified atom stereocenters. The van der Waals surface area contributed by atoms with E-state index < -0.39 is 0 Å². The van der Waals surface area contributed by atoms with Gasteiger partial charge in [-0.3, -0.25) is 0 Å². The molecule has 0 bridgehead atoms. The topological polar surface area (TPSA) is 37.8 Å². The van der Waals surface area contributed by atoms with Gasteiger partial charge in [0, 0.05) is 17.6 Å². The summed E-state index contributed by atoms with van der Waals surface area (Å²) < 4.78 is 3.88. The molecule has 0 radical (unpaired) electrons. The number of nitrogens with zero attached hydrogens (tertiary/aromatic N) is 2. The second-order valence-electron chi connectivity index (χ2n) is 5.29. The van der Waals surface area contributed by atoms with Crippen molar-refractivity contribution in [1.82, 2.24) is 9.59 Å². The van der Waals surface area contributed by atoms with Gasteiger partial charge in [0.1, 0.15) is 5.00 Å². The minimum Gasteiger partial charge on any atom is -0.372 e. The molecule has 1 aliphatic rings. The lowest BCUT2D eigenvalue weighted by atomic mass is 9.81. The fourth-order valence-corrected chi connectivity index (χ4v) is 3.23. The van der Waals surface area contributed by atoms with Gasteiger partial charge in [-0.2, -0.15) is 0 Å². The SMILES string of the molecule is CC(C)CC1CCCC(Nc2cnns2)C1. The third kappa shape index (κ3) is 3.44. The molecular weight excluding hydrogens is 218 g/mol. The van der Waals surface area contributed by atoms with E-state index in [-0.39, 0.29) is 0 Å². The molecule has 1 aromatic rings. The Balaban J connectivity index is 1.82. The van der Waals surface area contributed by atoms with Gasteiger partial charge in [-0.1, -0.05) is 31.2 Å². The van der Waals surface area contributed by atoms with Crippen molar-refractivity contribution in [3.05, 3.63) is 6.20 Å². The molecular formula is C12H21N3S. The van der Waals surface area contributed by atoms with Crippen LogP contribution in [0.2, 0.25) is 0 Å². The lowest BCUT2D eigenvalue weighted by molar-refractivity contribution is 0.289. The molecule has 3 nitrogen and oxygen atoms in total. The maximum Gasteiger partial charge on any atom is 0.130 e. The van der Waals surface area contributed by atoms with Crippen molar-refractivity contribution < 1.29 is 0 Å². The molecule has 1 aliphatic carbocycles. The molecule has 16 heavy (non-hydrogen) atoms. The van der Waals surface area contributed by atoms with Gasteiger partial charge in [0.05, 0.1) is 6.20 Å². The molecule has 0 aliphatic heterocycles. The van der Waals surface area contributed by atoms with Crippen molar-refractivity contribution in [1.29, 1.82) is 0 Å². The molecule has 4 heteroatoms. The van der Waals surface area contributed by atoms with E-state index in [1.807, 2.05) is 6.20 Å². The first-order valence-electron chi connectivity index (χ1n) is 6.28. The van der Waals surface area contributed by atoms with Crippen LogP contribution in [0.1, 0.15) is 46.0 Å². The second-order valence-corrected chi connectivity index (χ2v) is 6.07. The molecule has 0 saturated heterocycles. The standard InChI is InChI=1S/C12H21N3S/c1-9(2)6-10-4-3-5-11(7-10)14-12-8-13-15-16-12/h8-11,14H,3-7H2,1-2H3. The summed E-state index contributed by atoms with van der Waals surface area (Å²) in [6.45, 7) is 4.65. The number of hydrogen-bond donors (Lipinski definition) is 1. The number of rotatable bonds is 4. The van der Waals surface area contributed by atoms with E-state index in [1.54, 1.807) is 0 Å². The normalized spacial score (nSPS) is 25.9. The van der Waals surface area contributed by atoms with Gasteiger partial charge in [-0.15, -0.1) is 5.10 Å². The second kappa shape index (κ2) is 5.62. The molecule has 0 aromatic carbocycles. The van der Waals surface area contributed by atoms with Crippen LogP contribution >= 0.6 is 11.5 Å². The molecule has 0 amide bonds. The molecule has 2 rings (SSSR count). The van der Waals surface area contributed by atoms with Gasteiger partial charge in [-0.25, -0.2) is 0 Å². The Labute approximate surface area is 102 Å². The summed E-state index contributed by atoms with van der Waals surface area (Å²) in [6, 6.07) is 0.639. The Hall–Kier alpha value is -0.640. The highest BCUT2D eigenvalue weighted by atomic mass is 32.1. The van der Waals surface area contributed by atoms with E-state index in [9.17, 15) is 0 Å². The summed E-state index contributed by atoms with van der Waals surface area (Å²) in [4.78, 5) is 0. The average molecular weight is 239 g/mol. The predicted octanol–water partition coefficient (Wildman–Crippen LogP) is 3.55. The first-order chi connectivity index (χ1) is 7.74. The van der Waals surface area contributed by atoms with Crippen molar-refractivity contribution in [2.24, 2.45) is 11.8 Å². The van der Waals surface area contributed by atoms with Crippen molar-refractivity contribution in [3.8, 4) is 0 Å². The van der Waals surface area contributed by atoms with Crippen LogP contribution in [0.25, 0.3) is 0 Å². The van der Waals surface area contributed by atoms with Gasteiger partial charge in [0.25, 0.3) is 0 Å². The summed E-state index contributed by atoms with van der Waals surface area (Å²) in [5.74, 6) is 1.74. The summed E-state index contributed by atoms with van der Waals surface area (Å²) in [6.07, 6.45) is 8.59. The van der Waals surface area contributed by atoms with E-state index >= 15 is 0 Å². The molecule has 0 spiro atoms. The summed E-state index contributed by atoms with van der Waals surface area (Å²) in [5.41, 5.74) is 0. The van der Waals surface area contributed by atoms with Gasteiger partial charge >= 0.3 is 0 Å². The van der Waals surface area contributed by atoms with Crippen LogP contribution in [0, 0.1) is 11.8 Å². The highest BCUT2D eigenvalue weighted by molar-refractivity contribution is 7.09. The number of aromatic nitrogens is 2. The van der Waals surface area contributed by atoms with Crippen molar-refractivity contribution in [3.63, 3.8) is 0 Å². The first kappa shape index (κ1) is 11.8. The van der Waals surface area contributed by atoms with E-state index in [1.165, 1.54) is 43.6 Å². The Kier molecular flexibility index (Phi) is 4.16. The van der Waals surface area contributed by atoms with Crippen LogP contribution in [0.3, 0.4) is 0 Å². The molecule has 2 atom stereocenters. The van der Waals surface area contributed by atoms with Crippen molar-refractivity contribution >= 4 is 16.5 Å². The zero-order chi connectivity index (χ0) is 11.4. The molecule has 1 fully saturated rings. The summed E-state index contributed by atoms with van der Waals surface area (Å²) in [5, 5.41) is 8.54. The van der Waals surface area contributed by atoms with Gasteiger partial charge in [0.2, 0.25) is 0 Å². The Morgan fingerprint density at radius 3 is 3.06 bits per heavy atom. The van der Waals surface area contributed by atoms with Crippen LogP contribution in [0.15, 0.2) is 6.20 Å². The van der Waals surface area contributed by atoms with Crippen LogP contribution in [-0.4, -0.2) is 15.6 Å².